The fraction of sp³-hybridized carbons (Fsp3) is 0.846. The summed E-state index contributed by atoms with van der Waals surface area (Å²) in [5, 5.41) is 0. The lowest BCUT2D eigenvalue weighted by molar-refractivity contribution is -0.128. The first-order valence-corrected chi connectivity index (χ1v) is 11.4. The van der Waals surface area contributed by atoms with Gasteiger partial charge >= 0.3 is 0 Å². The van der Waals surface area contributed by atoms with Crippen LogP contribution in [-0.4, -0.2) is 39.6 Å². The van der Waals surface area contributed by atoms with Crippen LogP contribution in [0.15, 0.2) is 24.3 Å². The summed E-state index contributed by atoms with van der Waals surface area (Å²) >= 11 is 0. The second-order valence-corrected chi connectivity index (χ2v) is 11.1. The third kappa shape index (κ3) is 5.35. The Hall–Kier alpha value is -0.640. The van der Waals surface area contributed by atoms with Crippen molar-refractivity contribution in [3.8, 4) is 0 Å². The highest BCUT2D eigenvalue weighted by Gasteiger charge is 2.46. The summed E-state index contributed by atoms with van der Waals surface area (Å²) in [5.41, 5.74) is 2.84. The number of allylic oxidation sites excluding steroid dienone is 2. The molecule has 6 atom stereocenters. The van der Waals surface area contributed by atoms with Crippen LogP contribution in [0.3, 0.4) is 0 Å². The quantitative estimate of drug-likeness (QED) is 0.443. The number of hydrogen-bond acceptors (Lipinski definition) is 3. The molecule has 0 heterocycles. The van der Waals surface area contributed by atoms with E-state index in [1.165, 1.54) is 36.8 Å². The summed E-state index contributed by atoms with van der Waals surface area (Å²) in [6.07, 6.45) is 5.05. The topological polar surface area (TPSA) is 27.7 Å². The number of rotatable bonds is 8. The standard InChI is InChI=1S/C26H46O3/c1-17(2)19-11-13-25(5,6)23(27-9)21(19)15-29-16-22-20(18(3)4)12-14-26(7,8)24(22)28-10/h19-24H,1,3,11-16H2,2,4-10H3. The molecule has 6 unspecified atom stereocenters. The molecule has 2 saturated carbocycles. The predicted molar refractivity (Wildman–Crippen MR) is 122 cm³/mol. The number of ether oxygens (including phenoxy) is 3. The Morgan fingerprint density at radius 1 is 0.759 bits per heavy atom. The molecule has 2 rings (SSSR count). The van der Waals surface area contributed by atoms with Crippen LogP contribution in [0.5, 0.6) is 0 Å². The van der Waals surface area contributed by atoms with Gasteiger partial charge in [-0.1, -0.05) is 52.0 Å². The van der Waals surface area contributed by atoms with Gasteiger partial charge in [0.25, 0.3) is 0 Å². The summed E-state index contributed by atoms with van der Waals surface area (Å²) in [7, 11) is 3.70. The van der Waals surface area contributed by atoms with Gasteiger partial charge in [-0.05, 0) is 62.2 Å². The fourth-order valence-electron chi connectivity index (χ4n) is 6.31. The highest BCUT2D eigenvalue weighted by molar-refractivity contribution is 5.08. The second kappa shape index (κ2) is 9.66. The molecule has 0 bridgehead atoms. The Morgan fingerprint density at radius 2 is 1.10 bits per heavy atom. The lowest BCUT2D eigenvalue weighted by Crippen LogP contribution is -2.49. The van der Waals surface area contributed by atoms with E-state index >= 15 is 0 Å². The predicted octanol–water partition coefficient (Wildman–Crippen LogP) is 6.29. The Morgan fingerprint density at radius 3 is 1.38 bits per heavy atom. The van der Waals surface area contributed by atoms with E-state index in [4.69, 9.17) is 14.2 Å². The van der Waals surface area contributed by atoms with Crippen LogP contribution in [-0.2, 0) is 14.2 Å². The first-order chi connectivity index (χ1) is 13.5. The van der Waals surface area contributed by atoms with Gasteiger partial charge < -0.3 is 14.2 Å². The second-order valence-electron chi connectivity index (χ2n) is 11.1. The molecule has 0 N–H and O–H groups in total. The zero-order valence-corrected chi connectivity index (χ0v) is 20.3. The molecule has 0 radical (unpaired) electrons. The van der Waals surface area contributed by atoms with Gasteiger partial charge in [-0.25, -0.2) is 0 Å². The zero-order chi connectivity index (χ0) is 22.0. The molecule has 0 aliphatic heterocycles. The zero-order valence-electron chi connectivity index (χ0n) is 20.3. The third-order valence-corrected chi connectivity index (χ3v) is 7.95. The normalized spacial score (nSPS) is 36.6. The maximum Gasteiger partial charge on any atom is 0.0678 e. The lowest BCUT2D eigenvalue weighted by atomic mass is 9.63. The summed E-state index contributed by atoms with van der Waals surface area (Å²) in [6.45, 7) is 23.6. The molecule has 2 fully saturated rings. The van der Waals surface area contributed by atoms with E-state index in [1.807, 2.05) is 14.2 Å². The minimum atomic E-state index is 0.164. The van der Waals surface area contributed by atoms with Crippen LogP contribution in [0.25, 0.3) is 0 Å². The third-order valence-electron chi connectivity index (χ3n) is 7.95. The molecule has 168 valence electrons. The van der Waals surface area contributed by atoms with Gasteiger partial charge in [-0.2, -0.15) is 0 Å². The molecule has 0 aromatic heterocycles. The van der Waals surface area contributed by atoms with Gasteiger partial charge in [0.1, 0.15) is 0 Å². The van der Waals surface area contributed by atoms with E-state index in [2.05, 4.69) is 54.7 Å². The van der Waals surface area contributed by atoms with Crippen molar-refractivity contribution in [2.45, 2.75) is 79.4 Å². The van der Waals surface area contributed by atoms with Gasteiger partial charge in [-0.3, -0.25) is 0 Å². The first-order valence-electron chi connectivity index (χ1n) is 11.4. The van der Waals surface area contributed by atoms with E-state index in [9.17, 15) is 0 Å². The molecule has 0 spiro atoms. The van der Waals surface area contributed by atoms with E-state index in [1.54, 1.807) is 0 Å². The highest BCUT2D eigenvalue weighted by Crippen LogP contribution is 2.48. The lowest BCUT2D eigenvalue weighted by Gasteiger charge is -2.49. The van der Waals surface area contributed by atoms with Crippen molar-refractivity contribution >= 4 is 0 Å². The van der Waals surface area contributed by atoms with Gasteiger partial charge in [0.15, 0.2) is 0 Å². The van der Waals surface area contributed by atoms with Crippen LogP contribution in [0.2, 0.25) is 0 Å². The van der Waals surface area contributed by atoms with Crippen LogP contribution in [0, 0.1) is 34.5 Å². The Balaban J connectivity index is 2.14. The summed E-state index contributed by atoms with van der Waals surface area (Å²) in [4.78, 5) is 0. The van der Waals surface area contributed by atoms with Crippen molar-refractivity contribution in [2.24, 2.45) is 34.5 Å². The molecular weight excluding hydrogens is 360 g/mol. The molecule has 3 nitrogen and oxygen atoms in total. The van der Waals surface area contributed by atoms with Crippen molar-refractivity contribution in [3.05, 3.63) is 24.3 Å². The highest BCUT2D eigenvalue weighted by atomic mass is 16.5. The van der Waals surface area contributed by atoms with Gasteiger partial charge in [-0.15, -0.1) is 0 Å². The Labute approximate surface area is 180 Å². The van der Waals surface area contributed by atoms with Crippen molar-refractivity contribution in [2.75, 3.05) is 27.4 Å². The van der Waals surface area contributed by atoms with Crippen molar-refractivity contribution in [1.82, 2.24) is 0 Å². The summed E-state index contributed by atoms with van der Waals surface area (Å²) in [6, 6.07) is 0. The molecule has 3 heteroatoms. The average molecular weight is 407 g/mol. The van der Waals surface area contributed by atoms with E-state index in [-0.39, 0.29) is 23.0 Å². The molecular formula is C26H46O3. The molecule has 2 aliphatic carbocycles. The van der Waals surface area contributed by atoms with Crippen molar-refractivity contribution in [3.63, 3.8) is 0 Å². The van der Waals surface area contributed by atoms with Crippen LogP contribution < -0.4 is 0 Å². The molecule has 2 aliphatic rings. The van der Waals surface area contributed by atoms with Crippen molar-refractivity contribution < 1.29 is 14.2 Å². The van der Waals surface area contributed by atoms with Crippen LogP contribution in [0.4, 0.5) is 0 Å². The fourth-order valence-corrected chi connectivity index (χ4v) is 6.31. The van der Waals surface area contributed by atoms with Gasteiger partial charge in [0.05, 0.1) is 25.4 Å². The minimum absolute atomic E-state index is 0.164. The minimum Gasteiger partial charge on any atom is -0.381 e. The average Bonchev–Trinajstić information content (AvgIpc) is 2.60. The van der Waals surface area contributed by atoms with E-state index in [0.717, 1.165) is 13.2 Å². The smallest absolute Gasteiger partial charge is 0.0678 e. The maximum absolute atomic E-state index is 6.48. The first kappa shape index (κ1) is 24.6. The SMILES string of the molecule is C=C(C)C1CCC(C)(C)C(OC)C1COCC1C(C(=C)C)CCC(C)(C)C1OC. The molecule has 0 amide bonds. The van der Waals surface area contributed by atoms with Gasteiger partial charge in [0.2, 0.25) is 0 Å². The Bertz CT molecular complexity index is 527. The summed E-state index contributed by atoms with van der Waals surface area (Å²) in [5.74, 6) is 1.63. The van der Waals surface area contributed by atoms with E-state index < -0.39 is 0 Å². The molecule has 29 heavy (non-hydrogen) atoms. The Kier molecular flexibility index (Phi) is 8.20. The van der Waals surface area contributed by atoms with Crippen molar-refractivity contribution in [1.29, 1.82) is 0 Å². The van der Waals surface area contributed by atoms with Crippen LogP contribution >= 0.6 is 0 Å². The number of methoxy groups -OCH3 is 2. The molecule has 0 saturated heterocycles. The molecule has 0 aromatic carbocycles. The monoisotopic (exact) mass is 406 g/mol. The number of hydrogen-bond donors (Lipinski definition) is 0. The van der Waals surface area contributed by atoms with E-state index in [0.29, 0.717) is 23.7 Å². The molecule has 0 aromatic rings. The van der Waals surface area contributed by atoms with Gasteiger partial charge in [0, 0.05) is 26.1 Å². The maximum atomic E-state index is 6.48. The van der Waals surface area contributed by atoms with Crippen LogP contribution in [0.1, 0.15) is 67.2 Å². The summed E-state index contributed by atoms with van der Waals surface area (Å²) < 4.78 is 18.5. The largest absolute Gasteiger partial charge is 0.381 e.